The molecule has 0 aliphatic carbocycles. The van der Waals surface area contributed by atoms with Crippen molar-refractivity contribution in [2.24, 2.45) is 0 Å². The van der Waals surface area contributed by atoms with E-state index in [1.807, 2.05) is 36.4 Å². The van der Waals surface area contributed by atoms with Crippen molar-refractivity contribution in [2.75, 3.05) is 58.5 Å². The van der Waals surface area contributed by atoms with Crippen molar-refractivity contribution >= 4 is 5.69 Å². The van der Waals surface area contributed by atoms with Gasteiger partial charge in [0.2, 0.25) is 0 Å². The molecule has 30 heavy (non-hydrogen) atoms. The van der Waals surface area contributed by atoms with Gasteiger partial charge in [-0.2, -0.15) is 0 Å². The Kier molecular flexibility index (Phi) is 7.99. The first-order chi connectivity index (χ1) is 14.6. The second kappa shape index (κ2) is 10.9. The third-order valence-electron chi connectivity index (χ3n) is 5.47. The fourth-order valence-corrected chi connectivity index (χ4v) is 3.78. The molecule has 2 N–H and O–H groups in total. The Morgan fingerprint density at radius 1 is 1.07 bits per heavy atom. The summed E-state index contributed by atoms with van der Waals surface area (Å²) in [4.78, 5) is 3.77. The van der Waals surface area contributed by atoms with Gasteiger partial charge in [-0.3, -0.25) is 0 Å². The van der Waals surface area contributed by atoms with Crippen LogP contribution in [0.1, 0.15) is 5.56 Å². The molecule has 1 aliphatic rings. The lowest BCUT2D eigenvalue weighted by Gasteiger charge is -2.34. The summed E-state index contributed by atoms with van der Waals surface area (Å²) >= 11 is 0. The number of aliphatic hydroxyl groups excluding tert-OH is 1. The van der Waals surface area contributed by atoms with Crippen LogP contribution in [0.5, 0.6) is 17.2 Å². The van der Waals surface area contributed by atoms with E-state index in [0.29, 0.717) is 18.0 Å². The maximum absolute atomic E-state index is 10.5. The SMILES string of the molecule is C=CCc1ccc(OC[C@@H](O)C[NH+]2CCN(c3ccc(OC)cc3)CC2)c(OC)c1. The van der Waals surface area contributed by atoms with E-state index in [9.17, 15) is 5.11 Å². The zero-order valence-electron chi connectivity index (χ0n) is 18.0. The number of anilines is 1. The van der Waals surface area contributed by atoms with E-state index in [0.717, 1.165) is 43.9 Å². The highest BCUT2D eigenvalue weighted by atomic mass is 16.5. The predicted octanol–water partition coefficient (Wildman–Crippen LogP) is 1.58. The number of nitrogens with zero attached hydrogens (tertiary/aromatic N) is 1. The monoisotopic (exact) mass is 413 g/mol. The predicted molar refractivity (Wildman–Crippen MR) is 119 cm³/mol. The van der Waals surface area contributed by atoms with E-state index in [1.165, 1.54) is 10.6 Å². The molecule has 0 amide bonds. The lowest BCUT2D eigenvalue weighted by Crippen LogP contribution is -3.16. The average molecular weight is 414 g/mol. The zero-order chi connectivity index (χ0) is 21.3. The Hall–Kier alpha value is -2.70. The first kappa shape index (κ1) is 22.0. The number of hydrogen-bond donors (Lipinski definition) is 2. The van der Waals surface area contributed by atoms with Gasteiger partial charge in [-0.1, -0.05) is 12.1 Å². The molecule has 1 aliphatic heterocycles. The van der Waals surface area contributed by atoms with Crippen molar-refractivity contribution in [1.82, 2.24) is 0 Å². The van der Waals surface area contributed by atoms with Crippen LogP contribution in [0.2, 0.25) is 0 Å². The van der Waals surface area contributed by atoms with Crippen molar-refractivity contribution in [3.63, 3.8) is 0 Å². The van der Waals surface area contributed by atoms with E-state index < -0.39 is 6.10 Å². The molecule has 2 aromatic rings. The molecule has 6 heteroatoms. The number of aliphatic hydroxyl groups is 1. The van der Waals surface area contributed by atoms with Gasteiger partial charge in [-0.15, -0.1) is 6.58 Å². The first-order valence-electron chi connectivity index (χ1n) is 10.4. The lowest BCUT2D eigenvalue weighted by atomic mass is 10.1. The molecule has 0 unspecified atom stereocenters. The molecule has 1 heterocycles. The van der Waals surface area contributed by atoms with Gasteiger partial charge in [0.05, 0.1) is 40.4 Å². The van der Waals surface area contributed by atoms with Crippen LogP contribution in [0.3, 0.4) is 0 Å². The summed E-state index contributed by atoms with van der Waals surface area (Å²) in [7, 11) is 3.31. The normalized spacial score (nSPS) is 15.5. The van der Waals surface area contributed by atoms with Crippen LogP contribution in [-0.2, 0) is 6.42 Å². The highest BCUT2D eigenvalue weighted by Gasteiger charge is 2.23. The molecule has 0 spiro atoms. The van der Waals surface area contributed by atoms with Gasteiger partial charge in [0.1, 0.15) is 25.0 Å². The number of quaternary nitrogens is 1. The van der Waals surface area contributed by atoms with Gasteiger partial charge < -0.3 is 29.1 Å². The van der Waals surface area contributed by atoms with E-state index in [4.69, 9.17) is 14.2 Å². The Labute approximate surface area is 179 Å². The number of allylic oxidation sites excluding steroid dienone is 1. The molecule has 1 fully saturated rings. The van der Waals surface area contributed by atoms with Gasteiger partial charge in [0.25, 0.3) is 0 Å². The molecule has 0 radical (unpaired) electrons. The quantitative estimate of drug-likeness (QED) is 0.580. The Morgan fingerprint density at radius 2 is 1.80 bits per heavy atom. The lowest BCUT2D eigenvalue weighted by molar-refractivity contribution is -0.903. The van der Waals surface area contributed by atoms with Crippen molar-refractivity contribution in [1.29, 1.82) is 0 Å². The molecular formula is C24H33N2O4+. The molecule has 2 aromatic carbocycles. The van der Waals surface area contributed by atoms with Crippen LogP contribution in [0, 0.1) is 0 Å². The summed E-state index contributed by atoms with van der Waals surface area (Å²) in [5.41, 5.74) is 2.33. The van der Waals surface area contributed by atoms with Crippen LogP contribution < -0.4 is 24.0 Å². The van der Waals surface area contributed by atoms with E-state index in [2.05, 4.69) is 23.6 Å². The second-order valence-corrected chi connectivity index (χ2v) is 7.58. The van der Waals surface area contributed by atoms with Gasteiger partial charge in [-0.25, -0.2) is 0 Å². The summed E-state index contributed by atoms with van der Waals surface area (Å²) in [5, 5.41) is 10.5. The number of piperazine rings is 1. The Balaban J connectivity index is 1.44. The van der Waals surface area contributed by atoms with Crippen molar-refractivity contribution in [3.05, 3.63) is 60.7 Å². The van der Waals surface area contributed by atoms with Gasteiger partial charge in [-0.05, 0) is 48.4 Å². The summed E-state index contributed by atoms with van der Waals surface area (Å²) in [5.74, 6) is 2.21. The minimum absolute atomic E-state index is 0.253. The molecule has 1 saturated heterocycles. The number of ether oxygens (including phenoxy) is 3. The van der Waals surface area contributed by atoms with E-state index in [-0.39, 0.29) is 6.61 Å². The third-order valence-corrected chi connectivity index (χ3v) is 5.47. The minimum Gasteiger partial charge on any atom is -0.497 e. The van der Waals surface area contributed by atoms with E-state index in [1.54, 1.807) is 14.2 Å². The van der Waals surface area contributed by atoms with Crippen LogP contribution in [0.25, 0.3) is 0 Å². The number of methoxy groups -OCH3 is 2. The molecule has 162 valence electrons. The summed E-state index contributed by atoms with van der Waals surface area (Å²) in [6.07, 6.45) is 2.12. The van der Waals surface area contributed by atoms with Crippen LogP contribution in [0.15, 0.2) is 55.1 Å². The maximum Gasteiger partial charge on any atom is 0.161 e. The van der Waals surface area contributed by atoms with Gasteiger partial charge in [0.15, 0.2) is 11.5 Å². The standard InChI is InChI=1S/C24H32N2O4/c1-4-5-19-6-11-23(24(16-19)29-3)30-18-21(27)17-25-12-14-26(15-13-25)20-7-9-22(28-2)10-8-20/h4,6-11,16,21,27H,1,5,12-15,17-18H2,2-3H3/p+1/t21-/m0/s1. The summed E-state index contributed by atoms with van der Waals surface area (Å²) in [6.45, 7) is 8.60. The molecule has 3 rings (SSSR count). The van der Waals surface area contributed by atoms with Crippen molar-refractivity contribution in [2.45, 2.75) is 12.5 Å². The highest BCUT2D eigenvalue weighted by molar-refractivity contribution is 5.49. The molecule has 6 nitrogen and oxygen atoms in total. The molecule has 0 bridgehead atoms. The highest BCUT2D eigenvalue weighted by Crippen LogP contribution is 2.28. The smallest absolute Gasteiger partial charge is 0.161 e. The average Bonchev–Trinajstić information content (AvgIpc) is 2.79. The molecule has 0 aromatic heterocycles. The largest absolute Gasteiger partial charge is 0.497 e. The minimum atomic E-state index is -0.523. The second-order valence-electron chi connectivity index (χ2n) is 7.58. The summed E-state index contributed by atoms with van der Waals surface area (Å²) < 4.78 is 16.5. The van der Waals surface area contributed by atoms with Crippen molar-refractivity contribution in [3.8, 4) is 17.2 Å². The molecule has 1 atom stereocenters. The van der Waals surface area contributed by atoms with Gasteiger partial charge in [0, 0.05) is 5.69 Å². The van der Waals surface area contributed by atoms with Crippen LogP contribution in [0.4, 0.5) is 5.69 Å². The number of nitrogens with one attached hydrogen (secondary N) is 1. The third kappa shape index (κ3) is 5.90. The fraction of sp³-hybridized carbons (Fsp3) is 0.417. The van der Waals surface area contributed by atoms with Gasteiger partial charge >= 0.3 is 0 Å². The topological polar surface area (TPSA) is 55.6 Å². The number of benzene rings is 2. The number of rotatable bonds is 10. The Morgan fingerprint density at radius 3 is 2.43 bits per heavy atom. The molecular weight excluding hydrogens is 380 g/mol. The molecule has 0 saturated carbocycles. The maximum atomic E-state index is 10.5. The fourth-order valence-electron chi connectivity index (χ4n) is 3.78. The van der Waals surface area contributed by atoms with Crippen LogP contribution in [-0.4, -0.2) is 64.8 Å². The Bertz CT molecular complexity index is 801. The van der Waals surface area contributed by atoms with E-state index >= 15 is 0 Å². The number of hydrogen-bond acceptors (Lipinski definition) is 5. The summed E-state index contributed by atoms with van der Waals surface area (Å²) in [6, 6.07) is 14.0. The van der Waals surface area contributed by atoms with Crippen molar-refractivity contribution < 1.29 is 24.2 Å². The van der Waals surface area contributed by atoms with Crippen LogP contribution >= 0.6 is 0 Å². The zero-order valence-corrected chi connectivity index (χ0v) is 18.0. The first-order valence-corrected chi connectivity index (χ1v) is 10.4.